The highest BCUT2D eigenvalue weighted by Crippen LogP contribution is 2.48. The van der Waals surface area contributed by atoms with Crippen molar-refractivity contribution < 1.29 is 0 Å². The molecule has 0 aromatic heterocycles. The van der Waals surface area contributed by atoms with Gasteiger partial charge < -0.3 is 5.73 Å². The quantitative estimate of drug-likeness (QED) is 0.596. The highest BCUT2D eigenvalue weighted by Gasteiger charge is 2.41. The minimum atomic E-state index is -0.343. The second-order valence-corrected chi connectivity index (χ2v) is 7.84. The molecule has 0 heterocycles. The van der Waals surface area contributed by atoms with Gasteiger partial charge in [-0.2, -0.15) is 0 Å². The average molecular weight is 304 g/mol. The van der Waals surface area contributed by atoms with Crippen molar-refractivity contribution in [3.8, 4) is 0 Å². The Hall–Kier alpha value is -0.820. The summed E-state index contributed by atoms with van der Waals surface area (Å²) in [5.74, 6) is 3.79. The van der Waals surface area contributed by atoms with Crippen LogP contribution in [0, 0.1) is 29.6 Å². The van der Waals surface area contributed by atoms with Crippen LogP contribution in [0.5, 0.6) is 0 Å². The lowest BCUT2D eigenvalue weighted by atomic mass is 9.57. The van der Waals surface area contributed by atoms with E-state index < -0.39 is 0 Å². The van der Waals surface area contributed by atoms with E-state index in [9.17, 15) is 0 Å². The largest absolute Gasteiger partial charge is 0.319 e. The van der Waals surface area contributed by atoms with E-state index in [1.807, 2.05) is 0 Å². The maximum absolute atomic E-state index is 6.42. The molecule has 0 aromatic carbocycles. The van der Waals surface area contributed by atoms with E-state index in [4.69, 9.17) is 5.73 Å². The molecule has 1 heteroatoms. The van der Waals surface area contributed by atoms with Crippen molar-refractivity contribution in [2.75, 3.05) is 0 Å². The van der Waals surface area contributed by atoms with Crippen LogP contribution in [-0.4, -0.2) is 5.54 Å². The lowest BCUT2D eigenvalue weighted by Gasteiger charge is -2.48. The summed E-state index contributed by atoms with van der Waals surface area (Å²) in [5, 5.41) is 0. The minimum Gasteiger partial charge on any atom is -0.319 e. The Morgan fingerprint density at radius 2 is 1.91 bits per heavy atom. The molecule has 0 spiro atoms. The van der Waals surface area contributed by atoms with Gasteiger partial charge in [-0.1, -0.05) is 63.6 Å². The summed E-state index contributed by atoms with van der Waals surface area (Å²) in [6.45, 7) is 15.7. The first-order valence-corrected chi connectivity index (χ1v) is 9.01. The Morgan fingerprint density at radius 3 is 2.36 bits per heavy atom. The number of rotatable bonds is 7. The summed E-state index contributed by atoms with van der Waals surface area (Å²) in [4.78, 5) is 0. The third-order valence-electron chi connectivity index (χ3n) is 5.45. The second kappa shape index (κ2) is 8.15. The maximum Gasteiger partial charge on any atom is 0.0499 e. The van der Waals surface area contributed by atoms with Crippen molar-refractivity contribution in [3.63, 3.8) is 0 Å². The Balaban J connectivity index is 2.80. The molecule has 1 rings (SSSR count). The van der Waals surface area contributed by atoms with Gasteiger partial charge in [0.1, 0.15) is 0 Å². The predicted molar refractivity (Wildman–Crippen MR) is 99.7 cm³/mol. The molecule has 1 saturated carbocycles. The molecule has 0 amide bonds. The number of allylic oxidation sites excluding steroid dienone is 4. The topological polar surface area (TPSA) is 26.0 Å². The summed E-state index contributed by atoms with van der Waals surface area (Å²) in [6.07, 6.45) is 13.7. The van der Waals surface area contributed by atoms with Crippen LogP contribution in [0.2, 0.25) is 0 Å². The van der Waals surface area contributed by atoms with Gasteiger partial charge in [-0.15, -0.1) is 0 Å². The smallest absolute Gasteiger partial charge is 0.0499 e. The van der Waals surface area contributed by atoms with E-state index in [2.05, 4.69) is 78.8 Å². The Bertz CT molecular complexity index is 425. The summed E-state index contributed by atoms with van der Waals surface area (Å²) < 4.78 is 0. The van der Waals surface area contributed by atoms with E-state index in [0.29, 0.717) is 5.92 Å². The molecule has 0 saturated heterocycles. The van der Waals surface area contributed by atoms with Gasteiger partial charge in [-0.25, -0.2) is 0 Å². The first kappa shape index (κ1) is 19.2. The van der Waals surface area contributed by atoms with E-state index >= 15 is 0 Å². The van der Waals surface area contributed by atoms with Crippen molar-refractivity contribution in [1.82, 2.24) is 0 Å². The van der Waals surface area contributed by atoms with Gasteiger partial charge in [0.15, 0.2) is 0 Å². The highest BCUT2D eigenvalue weighted by atomic mass is 14.7. The monoisotopic (exact) mass is 303 g/mol. The van der Waals surface area contributed by atoms with Crippen LogP contribution >= 0.6 is 0 Å². The molecular formula is C21H37N. The van der Waals surface area contributed by atoms with E-state index in [1.54, 1.807) is 0 Å². The Labute approximate surface area is 138 Å². The molecule has 126 valence electrons. The van der Waals surface area contributed by atoms with E-state index in [1.165, 1.54) is 12.0 Å². The normalized spacial score (nSPS) is 30.8. The Kier molecular flexibility index (Phi) is 7.12. The van der Waals surface area contributed by atoms with Gasteiger partial charge in [0.05, 0.1) is 0 Å². The van der Waals surface area contributed by atoms with Crippen LogP contribution < -0.4 is 5.73 Å². The number of nitrogens with two attached hydrogens (primary N) is 1. The van der Waals surface area contributed by atoms with Crippen molar-refractivity contribution in [3.05, 3.63) is 36.0 Å². The fraction of sp³-hybridized carbons (Fsp3) is 0.714. The van der Waals surface area contributed by atoms with E-state index in [-0.39, 0.29) is 5.54 Å². The highest BCUT2D eigenvalue weighted by molar-refractivity contribution is 5.21. The van der Waals surface area contributed by atoms with Crippen LogP contribution in [0.15, 0.2) is 36.0 Å². The molecule has 0 aromatic rings. The zero-order valence-electron chi connectivity index (χ0n) is 15.8. The predicted octanol–water partition coefficient (Wildman–Crippen LogP) is 5.74. The zero-order chi connectivity index (χ0) is 16.9. The molecule has 0 radical (unpaired) electrons. The first-order valence-electron chi connectivity index (χ1n) is 9.01. The van der Waals surface area contributed by atoms with Gasteiger partial charge in [0.25, 0.3) is 0 Å². The van der Waals surface area contributed by atoms with Crippen molar-refractivity contribution >= 4 is 0 Å². The SMILES string of the molecule is C/C=C\C(C=CC(C)(N)/C=C(\C)CC)C1CC(C(C)C)C1C. The maximum atomic E-state index is 6.42. The molecular weight excluding hydrogens is 266 g/mol. The van der Waals surface area contributed by atoms with Crippen LogP contribution in [0.4, 0.5) is 0 Å². The molecule has 1 nitrogen and oxygen atoms in total. The summed E-state index contributed by atoms with van der Waals surface area (Å²) in [5.41, 5.74) is 7.43. The van der Waals surface area contributed by atoms with Crippen LogP contribution in [0.1, 0.15) is 61.3 Å². The molecule has 0 aliphatic heterocycles. The Morgan fingerprint density at radius 1 is 1.27 bits per heavy atom. The molecule has 1 aliphatic rings. The lowest BCUT2D eigenvalue weighted by Crippen LogP contribution is -2.41. The molecule has 5 unspecified atom stereocenters. The average Bonchev–Trinajstić information content (AvgIpc) is 2.42. The third kappa shape index (κ3) is 5.12. The van der Waals surface area contributed by atoms with Crippen LogP contribution in [-0.2, 0) is 0 Å². The molecule has 1 fully saturated rings. The van der Waals surface area contributed by atoms with Gasteiger partial charge in [0, 0.05) is 5.54 Å². The molecule has 2 N–H and O–H groups in total. The first-order chi connectivity index (χ1) is 10.2. The van der Waals surface area contributed by atoms with Gasteiger partial charge in [0.2, 0.25) is 0 Å². The number of hydrogen-bond acceptors (Lipinski definition) is 1. The number of hydrogen-bond donors (Lipinski definition) is 1. The molecule has 5 atom stereocenters. The lowest BCUT2D eigenvalue weighted by molar-refractivity contribution is 0.0320. The summed E-state index contributed by atoms with van der Waals surface area (Å²) in [7, 11) is 0. The van der Waals surface area contributed by atoms with Crippen molar-refractivity contribution in [2.45, 2.75) is 66.8 Å². The summed E-state index contributed by atoms with van der Waals surface area (Å²) >= 11 is 0. The van der Waals surface area contributed by atoms with Gasteiger partial charge >= 0.3 is 0 Å². The van der Waals surface area contributed by atoms with Crippen molar-refractivity contribution in [1.29, 1.82) is 0 Å². The minimum absolute atomic E-state index is 0.343. The molecule has 22 heavy (non-hydrogen) atoms. The van der Waals surface area contributed by atoms with Crippen LogP contribution in [0.3, 0.4) is 0 Å². The zero-order valence-corrected chi connectivity index (χ0v) is 15.8. The van der Waals surface area contributed by atoms with Crippen LogP contribution in [0.25, 0.3) is 0 Å². The third-order valence-corrected chi connectivity index (χ3v) is 5.45. The van der Waals surface area contributed by atoms with E-state index in [0.717, 1.165) is 30.1 Å². The molecule has 0 bridgehead atoms. The molecule has 1 aliphatic carbocycles. The summed E-state index contributed by atoms with van der Waals surface area (Å²) in [6, 6.07) is 0. The second-order valence-electron chi connectivity index (χ2n) is 7.84. The van der Waals surface area contributed by atoms with Gasteiger partial charge in [-0.3, -0.25) is 0 Å². The van der Waals surface area contributed by atoms with Crippen molar-refractivity contribution in [2.24, 2.45) is 35.3 Å². The fourth-order valence-electron chi connectivity index (χ4n) is 3.82. The fourth-order valence-corrected chi connectivity index (χ4v) is 3.82. The standard InChI is InChI=1S/C21H37N/c1-8-10-18(20-13-19(15(3)4)17(20)6)11-12-21(7,22)14-16(5)9-2/h8,10-12,14-15,17-20H,9,13,22H2,1-7H3/b10-8-,12-11?,16-14+. The van der Waals surface area contributed by atoms with Gasteiger partial charge in [-0.05, 0) is 63.2 Å².